The van der Waals surface area contributed by atoms with Gasteiger partial charge >= 0.3 is 0 Å². The lowest BCUT2D eigenvalue weighted by molar-refractivity contribution is 0.324. The normalized spacial score (nSPS) is 13.9. The molecule has 1 aliphatic rings. The van der Waals surface area contributed by atoms with Gasteiger partial charge in [0.25, 0.3) is 0 Å². The third-order valence-electron chi connectivity index (χ3n) is 5.92. The molecule has 4 heterocycles. The Bertz CT molecular complexity index is 1230. The van der Waals surface area contributed by atoms with Gasteiger partial charge < -0.3 is 28.4 Å². The van der Waals surface area contributed by atoms with Crippen molar-refractivity contribution in [2.45, 2.75) is 0 Å². The summed E-state index contributed by atoms with van der Waals surface area (Å²) >= 11 is 0. The molecule has 3 aromatic heterocycles. The summed E-state index contributed by atoms with van der Waals surface area (Å²) < 4.78 is 18.6. The predicted octanol–water partition coefficient (Wildman–Crippen LogP) is 3.14. The molecule has 1 fully saturated rings. The van der Waals surface area contributed by atoms with Crippen LogP contribution in [0.4, 0.5) is 11.5 Å². The second kappa shape index (κ2) is 8.85. The number of hydrogen-bond donors (Lipinski definition) is 0. The van der Waals surface area contributed by atoms with Crippen molar-refractivity contribution >= 4 is 17.2 Å². The van der Waals surface area contributed by atoms with Crippen LogP contribution in [0.5, 0.6) is 17.2 Å². The van der Waals surface area contributed by atoms with Crippen molar-refractivity contribution in [1.82, 2.24) is 19.4 Å². The van der Waals surface area contributed by atoms with E-state index in [1.807, 2.05) is 53.5 Å². The van der Waals surface area contributed by atoms with Crippen LogP contribution in [0.15, 0.2) is 55.2 Å². The lowest BCUT2D eigenvalue weighted by Crippen LogP contribution is -2.47. The fourth-order valence-corrected chi connectivity index (χ4v) is 4.23. The van der Waals surface area contributed by atoms with Gasteiger partial charge in [-0.3, -0.25) is 4.98 Å². The van der Waals surface area contributed by atoms with E-state index in [9.17, 15) is 0 Å². The summed E-state index contributed by atoms with van der Waals surface area (Å²) in [6.07, 6.45) is 9.37. The Morgan fingerprint density at radius 1 is 0.818 bits per heavy atom. The van der Waals surface area contributed by atoms with Crippen molar-refractivity contribution in [2.75, 3.05) is 57.3 Å². The Kier molecular flexibility index (Phi) is 5.60. The van der Waals surface area contributed by atoms with Crippen LogP contribution in [0.25, 0.3) is 16.9 Å². The number of ether oxygens (including phenoxy) is 3. The minimum atomic E-state index is 0.555. The van der Waals surface area contributed by atoms with Crippen molar-refractivity contribution in [3.63, 3.8) is 0 Å². The van der Waals surface area contributed by atoms with Gasteiger partial charge in [-0.15, -0.1) is 0 Å². The van der Waals surface area contributed by atoms with Crippen LogP contribution >= 0.6 is 0 Å². The van der Waals surface area contributed by atoms with Gasteiger partial charge in [0, 0.05) is 68.4 Å². The molecule has 1 saturated heterocycles. The standard InChI is InChI=1S/C24H26N6O3/c1-31-20-14-17(15-21(32-2)22(20)33-3)19-16-30-9-8-26-23(30)24(27-19)29-12-10-28(11-13-29)18-4-6-25-7-5-18/h4-9,14-16H,10-13H2,1-3H3. The van der Waals surface area contributed by atoms with E-state index in [-0.39, 0.29) is 0 Å². The largest absolute Gasteiger partial charge is 0.493 e. The minimum absolute atomic E-state index is 0.555. The summed E-state index contributed by atoms with van der Waals surface area (Å²) in [6, 6.07) is 7.92. The summed E-state index contributed by atoms with van der Waals surface area (Å²) in [5.74, 6) is 2.60. The molecule has 33 heavy (non-hydrogen) atoms. The lowest BCUT2D eigenvalue weighted by atomic mass is 10.1. The summed E-state index contributed by atoms with van der Waals surface area (Å²) in [4.78, 5) is 18.4. The molecule has 4 aromatic rings. The van der Waals surface area contributed by atoms with Crippen LogP contribution in [-0.2, 0) is 0 Å². The fourth-order valence-electron chi connectivity index (χ4n) is 4.23. The average Bonchev–Trinajstić information content (AvgIpc) is 3.36. The van der Waals surface area contributed by atoms with Crippen molar-refractivity contribution in [3.8, 4) is 28.5 Å². The maximum absolute atomic E-state index is 5.54. The molecule has 9 nitrogen and oxygen atoms in total. The molecular weight excluding hydrogens is 420 g/mol. The second-order valence-corrected chi connectivity index (χ2v) is 7.70. The Balaban J connectivity index is 1.50. The second-order valence-electron chi connectivity index (χ2n) is 7.70. The number of methoxy groups -OCH3 is 3. The van der Waals surface area contributed by atoms with Crippen molar-refractivity contribution in [2.24, 2.45) is 0 Å². The average molecular weight is 447 g/mol. The summed E-state index contributed by atoms with van der Waals surface area (Å²) in [5, 5.41) is 0. The smallest absolute Gasteiger partial charge is 0.203 e. The van der Waals surface area contributed by atoms with E-state index in [0.717, 1.165) is 48.9 Å². The van der Waals surface area contributed by atoms with E-state index in [0.29, 0.717) is 17.2 Å². The van der Waals surface area contributed by atoms with E-state index in [1.54, 1.807) is 27.5 Å². The molecule has 0 unspecified atom stereocenters. The van der Waals surface area contributed by atoms with E-state index in [4.69, 9.17) is 19.2 Å². The maximum Gasteiger partial charge on any atom is 0.203 e. The zero-order valence-electron chi connectivity index (χ0n) is 18.9. The first-order valence-corrected chi connectivity index (χ1v) is 10.8. The topological polar surface area (TPSA) is 77.3 Å². The highest BCUT2D eigenvalue weighted by Gasteiger charge is 2.23. The first-order chi connectivity index (χ1) is 16.2. The Morgan fingerprint density at radius 3 is 2.12 bits per heavy atom. The van der Waals surface area contributed by atoms with Crippen LogP contribution in [0.3, 0.4) is 0 Å². The summed E-state index contributed by atoms with van der Waals surface area (Å²) in [7, 11) is 4.82. The quantitative estimate of drug-likeness (QED) is 0.447. The minimum Gasteiger partial charge on any atom is -0.493 e. The number of benzene rings is 1. The number of hydrogen-bond acceptors (Lipinski definition) is 8. The Labute approximate surface area is 192 Å². The van der Waals surface area contributed by atoms with E-state index < -0.39 is 0 Å². The highest BCUT2D eigenvalue weighted by atomic mass is 16.5. The first kappa shape index (κ1) is 20.9. The number of fused-ring (bicyclic) bond motifs is 1. The molecule has 5 rings (SSSR count). The SMILES string of the molecule is COc1cc(-c2cn3ccnc3c(N3CCN(c4ccncc4)CC3)n2)cc(OC)c1OC. The van der Waals surface area contributed by atoms with Gasteiger partial charge in [-0.1, -0.05) is 0 Å². The Hall–Kier alpha value is -4.01. The van der Waals surface area contributed by atoms with E-state index >= 15 is 0 Å². The molecule has 170 valence electrons. The Morgan fingerprint density at radius 2 is 1.48 bits per heavy atom. The molecular formula is C24H26N6O3. The van der Waals surface area contributed by atoms with Gasteiger partial charge in [0.15, 0.2) is 23.0 Å². The van der Waals surface area contributed by atoms with Crippen LogP contribution in [0, 0.1) is 0 Å². The molecule has 0 bridgehead atoms. The van der Waals surface area contributed by atoms with Gasteiger partial charge in [-0.05, 0) is 24.3 Å². The molecule has 0 atom stereocenters. The van der Waals surface area contributed by atoms with Crippen LogP contribution in [-0.4, -0.2) is 66.9 Å². The van der Waals surface area contributed by atoms with Crippen molar-refractivity contribution in [1.29, 1.82) is 0 Å². The highest BCUT2D eigenvalue weighted by molar-refractivity contribution is 5.73. The predicted molar refractivity (Wildman–Crippen MR) is 127 cm³/mol. The molecule has 0 saturated carbocycles. The summed E-state index contributed by atoms with van der Waals surface area (Å²) in [5.41, 5.74) is 3.70. The molecule has 0 radical (unpaired) electrons. The molecule has 0 N–H and O–H groups in total. The first-order valence-electron chi connectivity index (χ1n) is 10.8. The zero-order chi connectivity index (χ0) is 22.8. The third-order valence-corrected chi connectivity index (χ3v) is 5.92. The number of imidazole rings is 1. The fraction of sp³-hybridized carbons (Fsp3) is 0.292. The number of pyridine rings is 1. The number of anilines is 2. The monoisotopic (exact) mass is 446 g/mol. The van der Waals surface area contributed by atoms with Crippen molar-refractivity contribution < 1.29 is 14.2 Å². The van der Waals surface area contributed by atoms with Gasteiger partial charge in [0.1, 0.15) is 0 Å². The number of nitrogens with zero attached hydrogens (tertiary/aromatic N) is 6. The lowest BCUT2D eigenvalue weighted by Gasteiger charge is -2.36. The molecule has 9 heteroatoms. The van der Waals surface area contributed by atoms with Crippen LogP contribution < -0.4 is 24.0 Å². The molecule has 1 aliphatic heterocycles. The molecule has 0 amide bonds. The van der Waals surface area contributed by atoms with Gasteiger partial charge in [-0.25, -0.2) is 9.97 Å². The molecule has 1 aromatic carbocycles. The number of rotatable bonds is 6. The highest BCUT2D eigenvalue weighted by Crippen LogP contribution is 2.41. The number of aromatic nitrogens is 4. The van der Waals surface area contributed by atoms with Gasteiger partial charge in [0.05, 0.1) is 27.0 Å². The third kappa shape index (κ3) is 3.86. The van der Waals surface area contributed by atoms with Gasteiger partial charge in [0.2, 0.25) is 5.75 Å². The molecule has 0 spiro atoms. The van der Waals surface area contributed by atoms with Crippen LogP contribution in [0.1, 0.15) is 0 Å². The van der Waals surface area contributed by atoms with Gasteiger partial charge in [-0.2, -0.15) is 0 Å². The summed E-state index contributed by atoms with van der Waals surface area (Å²) in [6.45, 7) is 3.48. The molecule has 0 aliphatic carbocycles. The number of piperazine rings is 1. The maximum atomic E-state index is 5.54. The zero-order valence-corrected chi connectivity index (χ0v) is 18.9. The van der Waals surface area contributed by atoms with Crippen LogP contribution in [0.2, 0.25) is 0 Å². The van der Waals surface area contributed by atoms with E-state index in [2.05, 4.69) is 19.8 Å². The van der Waals surface area contributed by atoms with E-state index in [1.165, 1.54) is 5.69 Å². The van der Waals surface area contributed by atoms with Crippen molar-refractivity contribution in [3.05, 3.63) is 55.2 Å².